The topological polar surface area (TPSA) is 50.4 Å². The first-order valence-electron chi connectivity index (χ1n) is 9.34. The van der Waals surface area contributed by atoms with Crippen molar-refractivity contribution in [3.8, 4) is 22.3 Å². The zero-order valence-electron chi connectivity index (χ0n) is 16.2. The summed E-state index contributed by atoms with van der Waals surface area (Å²) in [6.45, 7) is 6.20. The van der Waals surface area contributed by atoms with E-state index in [-0.39, 0.29) is 12.2 Å². The molecule has 28 heavy (non-hydrogen) atoms. The van der Waals surface area contributed by atoms with Crippen molar-refractivity contribution in [3.05, 3.63) is 93.3 Å². The molecule has 4 aromatic rings. The van der Waals surface area contributed by atoms with E-state index in [9.17, 15) is 9.90 Å². The van der Waals surface area contributed by atoms with E-state index in [1.165, 1.54) is 0 Å². The second kappa shape index (κ2) is 7.10. The maximum Gasteiger partial charge on any atom is 0.336 e. The van der Waals surface area contributed by atoms with Crippen LogP contribution in [0.25, 0.3) is 33.2 Å². The first-order chi connectivity index (χ1) is 13.5. The van der Waals surface area contributed by atoms with Crippen LogP contribution in [0, 0.1) is 20.8 Å². The van der Waals surface area contributed by atoms with Crippen LogP contribution in [0.1, 0.15) is 22.3 Å². The Hall–Kier alpha value is -3.17. The van der Waals surface area contributed by atoms with Gasteiger partial charge in [0.1, 0.15) is 5.58 Å². The lowest BCUT2D eigenvalue weighted by molar-refractivity contribution is 0.282. The number of aryl methyl sites for hydroxylation is 3. The summed E-state index contributed by atoms with van der Waals surface area (Å²) >= 11 is 0. The molecular weight excluding hydrogens is 348 g/mol. The second-order valence-electron chi connectivity index (χ2n) is 7.22. The van der Waals surface area contributed by atoms with Crippen LogP contribution in [-0.2, 0) is 6.61 Å². The van der Waals surface area contributed by atoms with Gasteiger partial charge >= 0.3 is 5.63 Å². The predicted molar refractivity (Wildman–Crippen MR) is 113 cm³/mol. The SMILES string of the molecule is Cc1cc(CO)ccc1-c1c(C)cc2oc(=O)cc(-c3ccccc3)c2c1C. The lowest BCUT2D eigenvalue weighted by Crippen LogP contribution is -2.01. The maximum absolute atomic E-state index is 12.2. The van der Waals surface area contributed by atoms with Crippen LogP contribution in [0.4, 0.5) is 0 Å². The highest BCUT2D eigenvalue weighted by Crippen LogP contribution is 2.38. The number of hydrogen-bond acceptors (Lipinski definition) is 3. The summed E-state index contributed by atoms with van der Waals surface area (Å²) < 4.78 is 5.55. The molecular formula is C25H22O3. The van der Waals surface area contributed by atoms with Crippen molar-refractivity contribution in [2.75, 3.05) is 0 Å². The average Bonchev–Trinajstić information content (AvgIpc) is 2.68. The quantitative estimate of drug-likeness (QED) is 0.481. The van der Waals surface area contributed by atoms with Gasteiger partial charge in [-0.05, 0) is 65.8 Å². The van der Waals surface area contributed by atoms with Crippen LogP contribution in [0.2, 0.25) is 0 Å². The fourth-order valence-electron chi connectivity index (χ4n) is 4.05. The largest absolute Gasteiger partial charge is 0.423 e. The highest BCUT2D eigenvalue weighted by molar-refractivity contribution is 6.00. The molecule has 0 spiro atoms. The monoisotopic (exact) mass is 370 g/mol. The van der Waals surface area contributed by atoms with Crippen LogP contribution in [0.3, 0.4) is 0 Å². The highest BCUT2D eigenvalue weighted by Gasteiger charge is 2.17. The Bertz CT molecular complexity index is 1230. The molecule has 3 aromatic carbocycles. The third-order valence-electron chi connectivity index (χ3n) is 5.31. The van der Waals surface area contributed by atoms with E-state index >= 15 is 0 Å². The standard InChI is InChI=1S/C25H22O3/c1-15-11-18(14-26)9-10-20(15)24-16(2)12-22-25(17(24)3)21(13-23(27)28-22)19-7-5-4-6-8-19/h4-13,26H,14H2,1-3H3. The molecule has 3 nitrogen and oxygen atoms in total. The molecule has 0 bridgehead atoms. The molecule has 0 aliphatic carbocycles. The van der Waals surface area contributed by atoms with Gasteiger partial charge in [0.05, 0.1) is 6.61 Å². The molecule has 1 aromatic heterocycles. The van der Waals surface area contributed by atoms with E-state index in [1.54, 1.807) is 6.07 Å². The fourth-order valence-corrected chi connectivity index (χ4v) is 4.05. The van der Waals surface area contributed by atoms with E-state index in [2.05, 4.69) is 19.9 Å². The summed E-state index contributed by atoms with van der Waals surface area (Å²) in [5, 5.41) is 10.4. The lowest BCUT2D eigenvalue weighted by atomic mass is 9.87. The summed E-state index contributed by atoms with van der Waals surface area (Å²) in [6.07, 6.45) is 0. The van der Waals surface area contributed by atoms with Gasteiger partial charge in [-0.1, -0.05) is 48.5 Å². The smallest absolute Gasteiger partial charge is 0.336 e. The summed E-state index contributed by atoms with van der Waals surface area (Å²) in [4.78, 5) is 12.2. The van der Waals surface area contributed by atoms with Crippen LogP contribution < -0.4 is 5.63 Å². The molecule has 0 atom stereocenters. The van der Waals surface area contributed by atoms with Crippen molar-refractivity contribution >= 4 is 11.0 Å². The fraction of sp³-hybridized carbons (Fsp3) is 0.160. The first kappa shape index (κ1) is 18.2. The molecule has 140 valence electrons. The number of hydrogen-bond donors (Lipinski definition) is 1. The molecule has 1 N–H and O–H groups in total. The van der Waals surface area contributed by atoms with E-state index < -0.39 is 0 Å². The number of fused-ring (bicyclic) bond motifs is 1. The summed E-state index contributed by atoms with van der Waals surface area (Å²) in [5.74, 6) is 0. The molecule has 0 radical (unpaired) electrons. The van der Waals surface area contributed by atoms with E-state index in [0.29, 0.717) is 5.58 Å². The summed E-state index contributed by atoms with van der Waals surface area (Å²) in [5.41, 5.74) is 8.54. The van der Waals surface area contributed by atoms with Gasteiger partial charge in [0.15, 0.2) is 0 Å². The minimum Gasteiger partial charge on any atom is -0.423 e. The zero-order valence-corrected chi connectivity index (χ0v) is 16.2. The molecule has 4 rings (SSSR count). The van der Waals surface area contributed by atoms with Crippen molar-refractivity contribution in [1.82, 2.24) is 0 Å². The van der Waals surface area contributed by atoms with Crippen molar-refractivity contribution in [1.29, 1.82) is 0 Å². The third-order valence-corrected chi connectivity index (χ3v) is 5.31. The number of benzene rings is 3. The van der Waals surface area contributed by atoms with Crippen molar-refractivity contribution in [2.24, 2.45) is 0 Å². The van der Waals surface area contributed by atoms with Crippen LogP contribution >= 0.6 is 0 Å². The van der Waals surface area contributed by atoms with Crippen molar-refractivity contribution < 1.29 is 9.52 Å². The van der Waals surface area contributed by atoms with E-state index in [1.807, 2.05) is 55.5 Å². The van der Waals surface area contributed by atoms with Crippen molar-refractivity contribution in [2.45, 2.75) is 27.4 Å². The van der Waals surface area contributed by atoms with Gasteiger partial charge in [-0.25, -0.2) is 4.79 Å². The highest BCUT2D eigenvalue weighted by atomic mass is 16.4. The van der Waals surface area contributed by atoms with Gasteiger partial charge in [0.2, 0.25) is 0 Å². The molecule has 0 amide bonds. The number of aliphatic hydroxyl groups is 1. The Morgan fingerprint density at radius 3 is 2.29 bits per heavy atom. The molecule has 0 aliphatic rings. The van der Waals surface area contributed by atoms with E-state index in [0.717, 1.165) is 49.9 Å². The predicted octanol–water partition coefficient (Wildman–Crippen LogP) is 5.54. The van der Waals surface area contributed by atoms with Gasteiger partial charge in [-0.15, -0.1) is 0 Å². The Morgan fingerprint density at radius 1 is 0.857 bits per heavy atom. The molecule has 0 fully saturated rings. The van der Waals surface area contributed by atoms with Crippen LogP contribution in [0.5, 0.6) is 0 Å². The normalized spacial score (nSPS) is 11.1. The maximum atomic E-state index is 12.2. The average molecular weight is 370 g/mol. The lowest BCUT2D eigenvalue weighted by Gasteiger charge is -2.17. The molecule has 0 unspecified atom stereocenters. The Balaban J connectivity index is 2.08. The van der Waals surface area contributed by atoms with Crippen LogP contribution in [0.15, 0.2) is 69.9 Å². The van der Waals surface area contributed by atoms with Crippen molar-refractivity contribution in [3.63, 3.8) is 0 Å². The number of aliphatic hydroxyl groups excluding tert-OH is 1. The minimum atomic E-state index is -0.346. The van der Waals surface area contributed by atoms with Gasteiger partial charge in [0.25, 0.3) is 0 Å². The zero-order chi connectivity index (χ0) is 19.8. The van der Waals surface area contributed by atoms with Gasteiger partial charge in [-0.3, -0.25) is 0 Å². The summed E-state index contributed by atoms with van der Waals surface area (Å²) in [7, 11) is 0. The Morgan fingerprint density at radius 2 is 1.61 bits per heavy atom. The minimum absolute atomic E-state index is 0.0279. The third kappa shape index (κ3) is 3.04. The van der Waals surface area contributed by atoms with E-state index in [4.69, 9.17) is 4.42 Å². The molecule has 1 heterocycles. The molecule has 0 saturated heterocycles. The van der Waals surface area contributed by atoms with Gasteiger partial charge < -0.3 is 9.52 Å². The Kier molecular flexibility index (Phi) is 4.62. The molecule has 0 saturated carbocycles. The van der Waals surface area contributed by atoms with Gasteiger partial charge in [-0.2, -0.15) is 0 Å². The second-order valence-corrected chi connectivity index (χ2v) is 7.22. The first-order valence-corrected chi connectivity index (χ1v) is 9.34. The number of rotatable bonds is 3. The van der Waals surface area contributed by atoms with Gasteiger partial charge in [0, 0.05) is 17.0 Å². The molecule has 0 aliphatic heterocycles. The van der Waals surface area contributed by atoms with Crippen LogP contribution in [-0.4, -0.2) is 5.11 Å². The Labute approximate surface area is 163 Å². The molecule has 3 heteroatoms. The summed E-state index contributed by atoms with van der Waals surface area (Å²) in [6, 6.07) is 19.5.